The first kappa shape index (κ1) is 12.9. The predicted molar refractivity (Wildman–Crippen MR) is 77.5 cm³/mol. The van der Waals surface area contributed by atoms with E-state index in [0.29, 0.717) is 12.1 Å². The minimum absolute atomic E-state index is 0.399. The van der Waals surface area contributed by atoms with Gasteiger partial charge >= 0.3 is 0 Å². The summed E-state index contributed by atoms with van der Waals surface area (Å²) in [6.07, 6.45) is 3.85. The van der Waals surface area contributed by atoms with Crippen LogP contribution in [0.4, 0.5) is 0 Å². The molecule has 0 aromatic heterocycles. The van der Waals surface area contributed by atoms with E-state index in [-0.39, 0.29) is 0 Å². The molecule has 0 saturated heterocycles. The van der Waals surface area contributed by atoms with Crippen molar-refractivity contribution in [1.29, 1.82) is 0 Å². The van der Waals surface area contributed by atoms with Crippen molar-refractivity contribution in [3.63, 3.8) is 0 Å². The fourth-order valence-corrected chi connectivity index (χ4v) is 3.00. The molecule has 1 aliphatic carbocycles. The predicted octanol–water partition coefficient (Wildman–Crippen LogP) is 2.58. The summed E-state index contributed by atoms with van der Waals surface area (Å²) >= 11 is 0. The van der Waals surface area contributed by atoms with E-state index in [4.69, 9.17) is 4.74 Å². The van der Waals surface area contributed by atoms with Crippen LogP contribution in [0.1, 0.15) is 37.8 Å². The second-order valence-electron chi connectivity index (χ2n) is 5.74. The van der Waals surface area contributed by atoms with Gasteiger partial charge in [0.15, 0.2) is 0 Å². The van der Waals surface area contributed by atoms with Crippen LogP contribution >= 0.6 is 0 Å². The first-order valence-electron chi connectivity index (χ1n) is 7.48. The summed E-state index contributed by atoms with van der Waals surface area (Å²) in [6.45, 7) is 4.08. The molecular formula is C16H24N2O. The Labute approximate surface area is 115 Å². The molecular weight excluding hydrogens is 236 g/mol. The Morgan fingerprint density at radius 3 is 2.84 bits per heavy atom. The van der Waals surface area contributed by atoms with Crippen molar-refractivity contribution in [2.24, 2.45) is 0 Å². The van der Waals surface area contributed by atoms with Crippen molar-refractivity contribution in [3.8, 4) is 5.75 Å². The molecule has 0 bridgehead atoms. The van der Waals surface area contributed by atoms with Crippen LogP contribution < -0.4 is 10.1 Å². The number of para-hydroxylation sites is 1. The quantitative estimate of drug-likeness (QED) is 0.880. The van der Waals surface area contributed by atoms with Crippen molar-refractivity contribution < 1.29 is 4.74 Å². The van der Waals surface area contributed by atoms with Crippen LogP contribution in [0.25, 0.3) is 0 Å². The maximum Gasteiger partial charge on any atom is 0.124 e. The summed E-state index contributed by atoms with van der Waals surface area (Å²) < 4.78 is 5.96. The first-order chi connectivity index (χ1) is 9.31. The molecule has 3 heteroatoms. The third-order valence-electron chi connectivity index (χ3n) is 4.31. The molecule has 1 aromatic rings. The Balaban J connectivity index is 1.84. The maximum atomic E-state index is 5.96. The summed E-state index contributed by atoms with van der Waals surface area (Å²) in [5.74, 6) is 1.05. The summed E-state index contributed by atoms with van der Waals surface area (Å²) in [5, 5.41) is 3.72. The van der Waals surface area contributed by atoms with Gasteiger partial charge in [-0.25, -0.2) is 0 Å². The lowest BCUT2D eigenvalue weighted by atomic mass is 9.95. The highest BCUT2D eigenvalue weighted by atomic mass is 16.5. The van der Waals surface area contributed by atoms with E-state index in [1.165, 1.54) is 24.8 Å². The second-order valence-corrected chi connectivity index (χ2v) is 5.74. The number of ether oxygens (including phenoxy) is 1. The molecule has 1 aliphatic heterocycles. The SMILES string of the molecule is CCCNC1c2ccccc2OCC1N(C)C1CC1. The molecule has 2 aliphatic rings. The van der Waals surface area contributed by atoms with E-state index in [1.807, 2.05) is 0 Å². The van der Waals surface area contributed by atoms with Gasteiger partial charge in [-0.05, 0) is 38.9 Å². The van der Waals surface area contributed by atoms with E-state index < -0.39 is 0 Å². The Morgan fingerprint density at radius 1 is 1.32 bits per heavy atom. The van der Waals surface area contributed by atoms with Crippen molar-refractivity contribution in [2.75, 3.05) is 20.2 Å². The molecule has 0 spiro atoms. The Bertz CT molecular complexity index is 431. The van der Waals surface area contributed by atoms with Crippen LogP contribution in [0.15, 0.2) is 24.3 Å². The zero-order valence-electron chi connectivity index (χ0n) is 11.9. The van der Waals surface area contributed by atoms with Crippen molar-refractivity contribution in [3.05, 3.63) is 29.8 Å². The fourth-order valence-electron chi connectivity index (χ4n) is 3.00. The highest BCUT2D eigenvalue weighted by Gasteiger charge is 2.38. The van der Waals surface area contributed by atoms with Gasteiger partial charge in [-0.15, -0.1) is 0 Å². The van der Waals surface area contributed by atoms with Crippen LogP contribution in [0, 0.1) is 0 Å². The number of nitrogens with zero attached hydrogens (tertiary/aromatic N) is 1. The Kier molecular flexibility index (Phi) is 3.76. The molecule has 19 heavy (non-hydrogen) atoms. The van der Waals surface area contributed by atoms with Gasteiger partial charge < -0.3 is 10.1 Å². The minimum atomic E-state index is 0.399. The smallest absolute Gasteiger partial charge is 0.124 e. The van der Waals surface area contributed by atoms with Gasteiger partial charge in [-0.2, -0.15) is 0 Å². The number of nitrogens with one attached hydrogen (secondary N) is 1. The molecule has 3 nitrogen and oxygen atoms in total. The molecule has 1 heterocycles. The van der Waals surface area contributed by atoms with Crippen LogP contribution in [-0.4, -0.2) is 37.2 Å². The summed E-state index contributed by atoms with van der Waals surface area (Å²) in [6, 6.07) is 10.1. The van der Waals surface area contributed by atoms with Crippen LogP contribution in [0.3, 0.4) is 0 Å². The molecule has 1 aromatic carbocycles. The number of likely N-dealkylation sites (N-methyl/N-ethyl adjacent to an activating group) is 1. The van der Waals surface area contributed by atoms with Gasteiger partial charge in [0.05, 0.1) is 12.1 Å². The summed E-state index contributed by atoms with van der Waals surface area (Å²) in [5.41, 5.74) is 1.32. The zero-order chi connectivity index (χ0) is 13.2. The van der Waals surface area contributed by atoms with Gasteiger partial charge in [0.25, 0.3) is 0 Å². The number of rotatable bonds is 5. The lowest BCUT2D eigenvalue weighted by molar-refractivity contribution is 0.100. The number of hydrogen-bond donors (Lipinski definition) is 1. The molecule has 104 valence electrons. The van der Waals surface area contributed by atoms with Crippen LogP contribution in [0.2, 0.25) is 0 Å². The fraction of sp³-hybridized carbons (Fsp3) is 0.625. The maximum absolute atomic E-state index is 5.96. The minimum Gasteiger partial charge on any atom is -0.492 e. The number of fused-ring (bicyclic) bond motifs is 1. The van der Waals surface area contributed by atoms with Gasteiger partial charge in [-0.1, -0.05) is 25.1 Å². The molecule has 2 atom stereocenters. The number of hydrogen-bond acceptors (Lipinski definition) is 3. The topological polar surface area (TPSA) is 24.5 Å². The third-order valence-corrected chi connectivity index (χ3v) is 4.31. The lowest BCUT2D eigenvalue weighted by Crippen LogP contribution is -2.49. The Hall–Kier alpha value is -1.06. The molecule has 0 amide bonds. The monoisotopic (exact) mass is 260 g/mol. The van der Waals surface area contributed by atoms with Crippen LogP contribution in [-0.2, 0) is 0 Å². The molecule has 3 rings (SSSR count). The average molecular weight is 260 g/mol. The van der Waals surface area contributed by atoms with Gasteiger partial charge in [0.1, 0.15) is 12.4 Å². The summed E-state index contributed by atoms with van der Waals surface area (Å²) in [7, 11) is 2.25. The highest BCUT2D eigenvalue weighted by molar-refractivity contribution is 5.39. The van der Waals surface area contributed by atoms with E-state index in [1.54, 1.807) is 0 Å². The van der Waals surface area contributed by atoms with Gasteiger partial charge in [-0.3, -0.25) is 4.90 Å². The highest BCUT2D eigenvalue weighted by Crippen LogP contribution is 2.37. The Morgan fingerprint density at radius 2 is 2.11 bits per heavy atom. The van der Waals surface area contributed by atoms with E-state index in [0.717, 1.165) is 24.9 Å². The van der Waals surface area contributed by atoms with E-state index in [9.17, 15) is 0 Å². The van der Waals surface area contributed by atoms with E-state index >= 15 is 0 Å². The third kappa shape index (κ3) is 2.63. The van der Waals surface area contributed by atoms with Crippen LogP contribution in [0.5, 0.6) is 5.75 Å². The molecule has 0 radical (unpaired) electrons. The largest absolute Gasteiger partial charge is 0.492 e. The molecule has 1 fully saturated rings. The van der Waals surface area contributed by atoms with Crippen molar-refractivity contribution in [1.82, 2.24) is 10.2 Å². The lowest BCUT2D eigenvalue weighted by Gasteiger charge is -2.39. The molecule has 2 unspecified atom stereocenters. The van der Waals surface area contributed by atoms with Crippen molar-refractivity contribution >= 4 is 0 Å². The normalized spacial score (nSPS) is 26.1. The van der Waals surface area contributed by atoms with Gasteiger partial charge in [0, 0.05) is 11.6 Å². The first-order valence-corrected chi connectivity index (χ1v) is 7.48. The summed E-state index contributed by atoms with van der Waals surface area (Å²) in [4.78, 5) is 2.52. The standard InChI is InChI=1S/C16H24N2O/c1-3-10-17-16-13-6-4-5-7-15(13)19-11-14(16)18(2)12-8-9-12/h4-7,12,14,16-17H,3,8-11H2,1-2H3. The molecule has 1 N–H and O–H groups in total. The number of benzene rings is 1. The second kappa shape index (κ2) is 5.51. The van der Waals surface area contributed by atoms with Gasteiger partial charge in [0.2, 0.25) is 0 Å². The average Bonchev–Trinajstić information content (AvgIpc) is 3.28. The van der Waals surface area contributed by atoms with E-state index in [2.05, 4.69) is 48.5 Å². The zero-order valence-corrected chi connectivity index (χ0v) is 11.9. The molecule has 1 saturated carbocycles. The van der Waals surface area contributed by atoms with Crippen molar-refractivity contribution in [2.45, 2.75) is 44.3 Å².